The average Bonchev–Trinajstić information content (AvgIpc) is 3.15. The number of anilines is 3. The molecule has 2 aliphatic rings. The van der Waals surface area contributed by atoms with Gasteiger partial charge in [-0.2, -0.15) is 10.3 Å². The molecule has 0 aliphatic carbocycles. The number of nitrogens with one attached hydrogen (secondary N) is 2. The van der Waals surface area contributed by atoms with Crippen LogP contribution in [0, 0.1) is 17.1 Å². The first kappa shape index (κ1) is 28.4. The summed E-state index contributed by atoms with van der Waals surface area (Å²) in [5, 5.41) is 37.7. The smallest absolute Gasteiger partial charge is 0.239 e. The standard InChI is InChI=1S/C27H30FN9O4/c28-21-16-32-26(33-20-2-5-30-22(13-20)34-23(38)17-36-8-10-41-11-9-36)35-24(21)19-12-18(14-29)25(31-15-19)27(39)3-1-6-37(40)7-4-27/h2,5,12-13,15-16,39-40H,1,3-4,6-11,17H2,(H2,30,32,33,34,35,38). The van der Waals surface area contributed by atoms with Crippen LogP contribution >= 0.6 is 0 Å². The molecule has 5 rings (SSSR count). The third kappa shape index (κ3) is 6.96. The molecule has 1 amide bonds. The number of aliphatic hydroxyl groups is 1. The minimum absolute atomic E-state index is 0.0752. The van der Waals surface area contributed by atoms with Crippen LogP contribution in [0.2, 0.25) is 0 Å². The fourth-order valence-electron chi connectivity index (χ4n) is 4.87. The van der Waals surface area contributed by atoms with Crippen LogP contribution in [0.15, 0.2) is 36.8 Å². The quantitative estimate of drug-likeness (QED) is 0.330. The van der Waals surface area contributed by atoms with Gasteiger partial charge in [-0.05, 0) is 31.4 Å². The highest BCUT2D eigenvalue weighted by Crippen LogP contribution is 2.35. The van der Waals surface area contributed by atoms with Gasteiger partial charge in [0.2, 0.25) is 11.9 Å². The first-order chi connectivity index (χ1) is 19.8. The van der Waals surface area contributed by atoms with Gasteiger partial charge in [0.05, 0.1) is 37.2 Å². The third-order valence-corrected chi connectivity index (χ3v) is 7.01. The number of rotatable bonds is 7. The Morgan fingerprint density at radius 3 is 2.78 bits per heavy atom. The molecule has 1 unspecified atom stereocenters. The number of carbonyl (C=O) groups is 1. The van der Waals surface area contributed by atoms with E-state index in [0.29, 0.717) is 57.2 Å². The van der Waals surface area contributed by atoms with Gasteiger partial charge in [0.1, 0.15) is 23.2 Å². The molecule has 1 atom stereocenters. The molecule has 0 radical (unpaired) electrons. The second-order valence-corrected chi connectivity index (χ2v) is 9.95. The zero-order valence-corrected chi connectivity index (χ0v) is 22.3. The van der Waals surface area contributed by atoms with Crippen LogP contribution in [0.5, 0.6) is 0 Å². The zero-order chi connectivity index (χ0) is 28.8. The molecule has 14 heteroatoms. The van der Waals surface area contributed by atoms with E-state index in [2.05, 4.69) is 36.6 Å². The normalized spacial score (nSPS) is 20.1. The molecule has 5 heterocycles. The topological polar surface area (TPSA) is 173 Å². The summed E-state index contributed by atoms with van der Waals surface area (Å²) in [5.74, 6) is -0.520. The highest BCUT2D eigenvalue weighted by Gasteiger charge is 2.35. The fourth-order valence-corrected chi connectivity index (χ4v) is 4.87. The maximum Gasteiger partial charge on any atom is 0.239 e. The van der Waals surface area contributed by atoms with Gasteiger partial charge >= 0.3 is 0 Å². The Kier molecular flexibility index (Phi) is 8.72. The van der Waals surface area contributed by atoms with Gasteiger partial charge in [-0.25, -0.2) is 19.3 Å². The van der Waals surface area contributed by atoms with Crippen molar-refractivity contribution >= 4 is 23.4 Å². The van der Waals surface area contributed by atoms with E-state index in [1.807, 2.05) is 4.90 Å². The van der Waals surface area contributed by atoms with Crippen molar-refractivity contribution in [1.29, 1.82) is 5.26 Å². The molecule has 3 aromatic rings. The molecule has 13 nitrogen and oxygen atoms in total. The summed E-state index contributed by atoms with van der Waals surface area (Å²) in [6.45, 7) is 3.41. The third-order valence-electron chi connectivity index (χ3n) is 7.01. The summed E-state index contributed by atoms with van der Waals surface area (Å²) < 4.78 is 20.1. The molecule has 214 valence electrons. The van der Waals surface area contributed by atoms with Crippen LogP contribution in [-0.2, 0) is 15.1 Å². The second-order valence-electron chi connectivity index (χ2n) is 9.95. The van der Waals surface area contributed by atoms with Gasteiger partial charge in [0.15, 0.2) is 5.82 Å². The zero-order valence-electron chi connectivity index (χ0n) is 22.3. The lowest BCUT2D eigenvalue weighted by molar-refractivity contribution is -0.118. The summed E-state index contributed by atoms with van der Waals surface area (Å²) in [6, 6.07) is 6.74. The number of hydrogen-bond donors (Lipinski definition) is 4. The molecule has 2 saturated heterocycles. The van der Waals surface area contributed by atoms with Crippen LogP contribution in [0.4, 0.5) is 21.8 Å². The van der Waals surface area contributed by atoms with Gasteiger partial charge < -0.3 is 25.7 Å². The molecule has 0 saturated carbocycles. The second kappa shape index (κ2) is 12.6. The minimum Gasteiger partial charge on any atom is -0.383 e. The Morgan fingerprint density at radius 2 is 1.98 bits per heavy atom. The van der Waals surface area contributed by atoms with Gasteiger partial charge in [-0.15, -0.1) is 0 Å². The molecular formula is C27H30FN9O4. The summed E-state index contributed by atoms with van der Waals surface area (Å²) in [7, 11) is 0. The molecule has 2 aliphatic heterocycles. The predicted molar refractivity (Wildman–Crippen MR) is 144 cm³/mol. The summed E-state index contributed by atoms with van der Waals surface area (Å²) in [5.41, 5.74) is -0.448. The highest BCUT2D eigenvalue weighted by molar-refractivity contribution is 5.91. The number of nitrogens with zero attached hydrogens (tertiary/aromatic N) is 7. The van der Waals surface area contributed by atoms with E-state index in [-0.39, 0.29) is 53.9 Å². The summed E-state index contributed by atoms with van der Waals surface area (Å²) in [4.78, 5) is 31.3. The molecule has 2 fully saturated rings. The number of hydroxylamine groups is 2. The van der Waals surface area contributed by atoms with Crippen molar-refractivity contribution in [3.8, 4) is 17.3 Å². The van der Waals surface area contributed by atoms with E-state index in [1.165, 1.54) is 18.5 Å². The number of amides is 1. The lowest BCUT2D eigenvalue weighted by atomic mass is 9.87. The molecule has 0 spiro atoms. The van der Waals surface area contributed by atoms with Crippen molar-refractivity contribution in [3.05, 3.63) is 53.9 Å². The number of nitriles is 1. The number of carbonyl (C=O) groups excluding carboxylic acids is 1. The number of morpholine rings is 1. The van der Waals surface area contributed by atoms with E-state index in [1.54, 1.807) is 12.1 Å². The SMILES string of the molecule is N#Cc1cc(-c2nc(Nc3ccnc(NC(=O)CN4CCOCC4)c3)ncc2F)cnc1C1(O)CCCN(O)CC1. The van der Waals surface area contributed by atoms with Gasteiger partial charge in [0, 0.05) is 55.9 Å². The Balaban J connectivity index is 1.32. The molecule has 4 N–H and O–H groups in total. The van der Waals surface area contributed by atoms with E-state index in [0.717, 1.165) is 11.3 Å². The number of pyridine rings is 2. The van der Waals surface area contributed by atoms with Gasteiger partial charge in [-0.1, -0.05) is 0 Å². The Labute approximate surface area is 235 Å². The van der Waals surface area contributed by atoms with Gasteiger partial charge in [-0.3, -0.25) is 14.7 Å². The average molecular weight is 564 g/mol. The molecular weight excluding hydrogens is 533 g/mol. The van der Waals surface area contributed by atoms with Crippen molar-refractivity contribution in [2.45, 2.75) is 24.9 Å². The maximum atomic E-state index is 14.8. The van der Waals surface area contributed by atoms with Crippen molar-refractivity contribution in [1.82, 2.24) is 29.9 Å². The molecule has 0 bridgehead atoms. The minimum atomic E-state index is -1.39. The van der Waals surface area contributed by atoms with Crippen molar-refractivity contribution < 1.29 is 24.2 Å². The molecule has 41 heavy (non-hydrogen) atoms. The number of ether oxygens (including phenoxy) is 1. The van der Waals surface area contributed by atoms with Crippen LogP contribution in [-0.4, -0.2) is 92.1 Å². The first-order valence-electron chi connectivity index (χ1n) is 13.3. The van der Waals surface area contributed by atoms with Crippen LogP contribution in [0.1, 0.15) is 30.5 Å². The van der Waals surface area contributed by atoms with Gasteiger partial charge in [0.25, 0.3) is 0 Å². The molecule has 3 aromatic heterocycles. The van der Waals surface area contributed by atoms with Crippen LogP contribution in [0.25, 0.3) is 11.3 Å². The Hall–Kier alpha value is -4.13. The molecule has 0 aromatic carbocycles. The number of hydrogen-bond acceptors (Lipinski definition) is 12. The maximum absolute atomic E-state index is 14.8. The van der Waals surface area contributed by atoms with Crippen molar-refractivity contribution in [2.24, 2.45) is 0 Å². The van der Waals surface area contributed by atoms with E-state index in [4.69, 9.17) is 4.74 Å². The Morgan fingerprint density at radius 1 is 1.15 bits per heavy atom. The van der Waals surface area contributed by atoms with Crippen LogP contribution < -0.4 is 10.6 Å². The largest absolute Gasteiger partial charge is 0.383 e. The monoisotopic (exact) mass is 563 g/mol. The van der Waals surface area contributed by atoms with E-state index >= 15 is 0 Å². The van der Waals surface area contributed by atoms with E-state index in [9.17, 15) is 24.8 Å². The lowest BCUT2D eigenvalue weighted by Crippen LogP contribution is -2.41. The van der Waals surface area contributed by atoms with Crippen molar-refractivity contribution in [2.75, 3.05) is 56.6 Å². The first-order valence-corrected chi connectivity index (χ1v) is 13.3. The van der Waals surface area contributed by atoms with E-state index < -0.39 is 11.4 Å². The Bertz CT molecular complexity index is 1450. The summed E-state index contributed by atoms with van der Waals surface area (Å²) in [6.07, 6.45) is 4.91. The predicted octanol–water partition coefficient (Wildman–Crippen LogP) is 2.02. The number of aromatic nitrogens is 4. The highest BCUT2D eigenvalue weighted by atomic mass is 19.1. The van der Waals surface area contributed by atoms with Crippen molar-refractivity contribution in [3.63, 3.8) is 0 Å². The number of halogens is 1. The lowest BCUT2D eigenvalue weighted by Gasteiger charge is -2.26. The van der Waals surface area contributed by atoms with Crippen LogP contribution in [0.3, 0.4) is 0 Å². The fraction of sp³-hybridized carbons (Fsp3) is 0.407. The summed E-state index contributed by atoms with van der Waals surface area (Å²) >= 11 is 0.